The van der Waals surface area contributed by atoms with Gasteiger partial charge in [0.15, 0.2) is 5.84 Å². The SMILES string of the molecule is C=C1NC(C)=C(Cc2ccc(OC(F)(F)F)cc2)C(=N)N1/N=C\C. The van der Waals surface area contributed by atoms with Crippen LogP contribution < -0.4 is 10.1 Å². The van der Waals surface area contributed by atoms with E-state index in [1.807, 2.05) is 6.92 Å². The second kappa shape index (κ2) is 6.77. The Balaban J connectivity index is 2.19. The van der Waals surface area contributed by atoms with E-state index in [1.165, 1.54) is 29.3 Å². The molecule has 5 nitrogen and oxygen atoms in total. The number of hydrogen-bond donors (Lipinski definition) is 2. The molecular weight excluding hydrogens is 321 g/mol. The molecule has 0 fully saturated rings. The minimum atomic E-state index is -4.71. The molecule has 1 aliphatic rings. The molecule has 0 bridgehead atoms. The van der Waals surface area contributed by atoms with E-state index in [0.717, 1.165) is 11.3 Å². The van der Waals surface area contributed by atoms with Crippen molar-refractivity contribution in [2.75, 3.05) is 0 Å². The molecule has 1 aliphatic heterocycles. The van der Waals surface area contributed by atoms with Gasteiger partial charge in [-0.05, 0) is 31.5 Å². The highest BCUT2D eigenvalue weighted by Crippen LogP contribution is 2.25. The van der Waals surface area contributed by atoms with Gasteiger partial charge in [0.25, 0.3) is 0 Å². The molecule has 0 saturated carbocycles. The monoisotopic (exact) mass is 338 g/mol. The summed E-state index contributed by atoms with van der Waals surface area (Å²) in [6, 6.07) is 5.57. The molecule has 8 heteroatoms. The Kier molecular flexibility index (Phi) is 4.96. The molecule has 24 heavy (non-hydrogen) atoms. The van der Waals surface area contributed by atoms with Crippen LogP contribution in [0.15, 0.2) is 53.0 Å². The first-order valence-corrected chi connectivity index (χ1v) is 7.09. The summed E-state index contributed by atoms with van der Waals surface area (Å²) < 4.78 is 40.4. The molecule has 0 saturated heterocycles. The first-order valence-electron chi connectivity index (χ1n) is 7.09. The minimum Gasteiger partial charge on any atom is -0.406 e. The van der Waals surface area contributed by atoms with Gasteiger partial charge in [-0.25, -0.2) is 5.01 Å². The van der Waals surface area contributed by atoms with E-state index in [4.69, 9.17) is 5.41 Å². The van der Waals surface area contributed by atoms with Crippen LogP contribution in [0, 0.1) is 5.41 Å². The van der Waals surface area contributed by atoms with Crippen LogP contribution in [0.3, 0.4) is 0 Å². The van der Waals surface area contributed by atoms with Crippen molar-refractivity contribution in [3.05, 3.63) is 53.5 Å². The fraction of sp³-hybridized carbons (Fsp3) is 0.250. The fourth-order valence-electron chi connectivity index (χ4n) is 2.26. The number of hydrogen-bond acceptors (Lipinski definition) is 4. The first kappa shape index (κ1) is 17.6. The summed E-state index contributed by atoms with van der Waals surface area (Å²) in [5.74, 6) is 0.359. The second-order valence-electron chi connectivity index (χ2n) is 5.08. The number of alkyl halides is 3. The predicted molar refractivity (Wildman–Crippen MR) is 85.5 cm³/mol. The third kappa shape index (κ3) is 4.15. The first-order chi connectivity index (χ1) is 11.2. The van der Waals surface area contributed by atoms with Crippen molar-refractivity contribution in [3.8, 4) is 5.75 Å². The summed E-state index contributed by atoms with van der Waals surface area (Å²) in [7, 11) is 0. The number of nitrogens with one attached hydrogen (secondary N) is 2. The molecule has 2 rings (SSSR count). The Bertz CT molecular complexity index is 705. The molecule has 2 N–H and O–H groups in total. The average Bonchev–Trinajstić information content (AvgIpc) is 2.48. The second-order valence-corrected chi connectivity index (χ2v) is 5.08. The van der Waals surface area contributed by atoms with Gasteiger partial charge in [-0.3, -0.25) is 5.41 Å². The molecule has 1 aromatic carbocycles. The van der Waals surface area contributed by atoms with Crippen LogP contribution in [0.4, 0.5) is 13.2 Å². The molecule has 0 spiro atoms. The smallest absolute Gasteiger partial charge is 0.406 e. The van der Waals surface area contributed by atoms with Gasteiger partial charge in [0, 0.05) is 23.9 Å². The van der Waals surface area contributed by atoms with E-state index in [-0.39, 0.29) is 11.6 Å². The molecule has 0 atom stereocenters. The van der Waals surface area contributed by atoms with Gasteiger partial charge in [-0.1, -0.05) is 18.7 Å². The third-order valence-corrected chi connectivity index (χ3v) is 3.31. The zero-order valence-corrected chi connectivity index (χ0v) is 13.2. The van der Waals surface area contributed by atoms with E-state index < -0.39 is 6.36 Å². The normalized spacial score (nSPS) is 16.0. The van der Waals surface area contributed by atoms with E-state index in [1.54, 1.807) is 13.1 Å². The van der Waals surface area contributed by atoms with Crippen molar-refractivity contribution in [1.29, 1.82) is 5.41 Å². The lowest BCUT2D eigenvalue weighted by molar-refractivity contribution is -0.274. The number of hydrazone groups is 1. The third-order valence-electron chi connectivity index (χ3n) is 3.31. The van der Waals surface area contributed by atoms with E-state index >= 15 is 0 Å². The highest BCUT2D eigenvalue weighted by Gasteiger charge is 2.31. The standard InChI is InChI=1S/C16H17F3N4O/c1-4-21-23-11(3)22-10(2)14(15(23)20)9-12-5-7-13(8-6-12)24-16(17,18)19/h4-8,20,22H,3,9H2,1-2H3/b20-15?,21-4-. The van der Waals surface area contributed by atoms with Crippen LogP contribution in [-0.4, -0.2) is 23.4 Å². The molecule has 0 unspecified atom stereocenters. The van der Waals surface area contributed by atoms with Crippen LogP contribution in [0.2, 0.25) is 0 Å². The Morgan fingerprint density at radius 1 is 1.33 bits per heavy atom. The maximum Gasteiger partial charge on any atom is 0.573 e. The van der Waals surface area contributed by atoms with Crippen molar-refractivity contribution in [3.63, 3.8) is 0 Å². The van der Waals surface area contributed by atoms with Crippen LogP contribution in [0.25, 0.3) is 0 Å². The van der Waals surface area contributed by atoms with E-state index in [0.29, 0.717) is 17.8 Å². The van der Waals surface area contributed by atoms with Crippen molar-refractivity contribution in [2.24, 2.45) is 5.10 Å². The van der Waals surface area contributed by atoms with Crippen molar-refractivity contribution < 1.29 is 17.9 Å². The number of allylic oxidation sites excluding steroid dienone is 1. The number of halogens is 3. The van der Waals surface area contributed by atoms with E-state index in [9.17, 15) is 13.2 Å². The number of nitrogens with zero attached hydrogens (tertiary/aromatic N) is 2. The van der Waals surface area contributed by atoms with Gasteiger partial charge in [-0.15, -0.1) is 13.2 Å². The number of benzene rings is 1. The lowest BCUT2D eigenvalue weighted by Crippen LogP contribution is -2.39. The van der Waals surface area contributed by atoms with Gasteiger partial charge in [0.05, 0.1) is 0 Å². The Hall–Kier alpha value is -2.77. The van der Waals surface area contributed by atoms with Gasteiger partial charge < -0.3 is 10.1 Å². The number of ether oxygens (including phenoxy) is 1. The molecule has 1 heterocycles. The zero-order valence-electron chi connectivity index (χ0n) is 13.2. The summed E-state index contributed by atoms with van der Waals surface area (Å²) in [4.78, 5) is 0. The summed E-state index contributed by atoms with van der Waals surface area (Å²) in [6.07, 6.45) is -2.80. The summed E-state index contributed by atoms with van der Waals surface area (Å²) >= 11 is 0. The van der Waals surface area contributed by atoms with Crippen LogP contribution >= 0.6 is 0 Å². The molecule has 0 amide bonds. The van der Waals surface area contributed by atoms with Gasteiger partial charge >= 0.3 is 6.36 Å². The molecular formula is C16H17F3N4O. The van der Waals surface area contributed by atoms with Gasteiger partial charge in [-0.2, -0.15) is 5.10 Å². The zero-order chi connectivity index (χ0) is 17.9. The van der Waals surface area contributed by atoms with Gasteiger partial charge in [0.1, 0.15) is 11.6 Å². The Labute approximate surface area is 137 Å². The topological polar surface area (TPSA) is 60.7 Å². The largest absolute Gasteiger partial charge is 0.573 e. The number of amidine groups is 1. The highest BCUT2D eigenvalue weighted by atomic mass is 19.4. The molecule has 0 radical (unpaired) electrons. The van der Waals surface area contributed by atoms with Crippen molar-refractivity contribution in [1.82, 2.24) is 10.3 Å². The lowest BCUT2D eigenvalue weighted by atomic mass is 10.0. The minimum absolute atomic E-state index is 0.171. The van der Waals surface area contributed by atoms with Crippen LogP contribution in [0.1, 0.15) is 19.4 Å². The fourth-order valence-corrected chi connectivity index (χ4v) is 2.26. The maximum absolute atomic E-state index is 12.2. The lowest BCUT2D eigenvalue weighted by Gasteiger charge is -2.30. The Morgan fingerprint density at radius 2 is 1.96 bits per heavy atom. The predicted octanol–water partition coefficient (Wildman–Crippen LogP) is 3.76. The quantitative estimate of drug-likeness (QED) is 0.822. The average molecular weight is 338 g/mol. The molecule has 1 aromatic rings. The van der Waals surface area contributed by atoms with Crippen molar-refractivity contribution in [2.45, 2.75) is 26.6 Å². The molecule has 0 aliphatic carbocycles. The van der Waals surface area contributed by atoms with Crippen molar-refractivity contribution >= 4 is 12.1 Å². The van der Waals surface area contributed by atoms with Crippen LogP contribution in [-0.2, 0) is 6.42 Å². The van der Waals surface area contributed by atoms with E-state index in [2.05, 4.69) is 21.7 Å². The summed E-state index contributed by atoms with van der Waals surface area (Å²) in [6.45, 7) is 7.34. The van der Waals surface area contributed by atoms with Crippen LogP contribution in [0.5, 0.6) is 5.75 Å². The molecule has 0 aromatic heterocycles. The summed E-state index contributed by atoms with van der Waals surface area (Å²) in [5, 5.41) is 16.7. The number of rotatable bonds is 4. The molecule has 128 valence electrons. The highest BCUT2D eigenvalue weighted by molar-refractivity contribution is 5.99. The van der Waals surface area contributed by atoms with Gasteiger partial charge in [0.2, 0.25) is 0 Å². The summed E-state index contributed by atoms with van der Waals surface area (Å²) in [5.41, 5.74) is 2.18. The maximum atomic E-state index is 12.2. The Morgan fingerprint density at radius 3 is 2.50 bits per heavy atom.